The van der Waals surface area contributed by atoms with Crippen LogP contribution in [-0.4, -0.2) is 61.9 Å². The molecule has 2 amide bonds. The number of urea groups is 1. The number of aromatic nitrogens is 4. The summed E-state index contributed by atoms with van der Waals surface area (Å²) in [6.45, 7) is 0. The highest BCUT2D eigenvalue weighted by atomic mass is 35.5. The first-order chi connectivity index (χ1) is 12.7. The summed E-state index contributed by atoms with van der Waals surface area (Å²) in [5.41, 5.74) is -0.557. The highest BCUT2D eigenvalue weighted by Crippen LogP contribution is 2.22. The van der Waals surface area contributed by atoms with Crippen LogP contribution < -0.4 is 19.5 Å². The van der Waals surface area contributed by atoms with Crippen molar-refractivity contribution in [3.8, 4) is 11.8 Å². The molecule has 0 spiro atoms. The van der Waals surface area contributed by atoms with Crippen molar-refractivity contribution in [2.75, 3.05) is 26.6 Å². The van der Waals surface area contributed by atoms with Crippen LogP contribution in [0.4, 0.5) is 10.7 Å². The van der Waals surface area contributed by atoms with Crippen molar-refractivity contribution < 1.29 is 32.2 Å². The van der Waals surface area contributed by atoms with E-state index in [-0.39, 0.29) is 17.7 Å². The maximum atomic E-state index is 12.3. The lowest BCUT2D eigenvalue weighted by atomic mass is 10.4. The van der Waals surface area contributed by atoms with Gasteiger partial charge in [0.1, 0.15) is 5.56 Å². The van der Waals surface area contributed by atoms with E-state index in [2.05, 4.69) is 30.2 Å². The van der Waals surface area contributed by atoms with E-state index in [1.807, 2.05) is 0 Å². The minimum atomic E-state index is -4.56. The molecule has 146 valence electrons. The number of H-pyrrole nitrogens is 1. The number of nitrogens with zero attached hydrogens (tertiary/aromatic N) is 3. The van der Waals surface area contributed by atoms with Crippen molar-refractivity contribution in [2.24, 2.45) is 0 Å². The summed E-state index contributed by atoms with van der Waals surface area (Å²) in [4.78, 5) is 31.3. The fraction of sp³-hybridized carbons (Fsp3) is 0.250. The van der Waals surface area contributed by atoms with Gasteiger partial charge in [-0.3, -0.25) is 10.4 Å². The fourth-order valence-electron chi connectivity index (χ4n) is 1.75. The van der Waals surface area contributed by atoms with E-state index >= 15 is 0 Å². The average Bonchev–Trinajstić information content (AvgIpc) is 3.02. The Labute approximate surface area is 157 Å². The van der Waals surface area contributed by atoms with Crippen LogP contribution in [-0.2, 0) is 14.8 Å². The molecule has 3 N–H and O–H groups in total. The molecule has 0 aliphatic heterocycles. The largest absolute Gasteiger partial charge is 0.481 e. The van der Waals surface area contributed by atoms with Gasteiger partial charge in [0.2, 0.25) is 17.7 Å². The molecule has 27 heavy (non-hydrogen) atoms. The zero-order valence-corrected chi connectivity index (χ0v) is 15.6. The molecule has 2 aromatic rings. The molecule has 0 atom stereocenters. The lowest BCUT2D eigenvalue weighted by Gasteiger charge is -2.09. The molecule has 0 bridgehead atoms. The number of hydrogen-bond acceptors (Lipinski definition) is 10. The van der Waals surface area contributed by atoms with Gasteiger partial charge in [-0.25, -0.2) is 14.3 Å². The summed E-state index contributed by atoms with van der Waals surface area (Å²) in [6, 6.07) is 0.113. The smallest absolute Gasteiger partial charge is 0.344 e. The Balaban J connectivity index is 2.24. The SMILES string of the molecule is COC(=O)c1c(Cl)n[nH]c1S(=O)(=O)NC(=O)Nc1nc(OC)cc(OC)n1. The van der Waals surface area contributed by atoms with E-state index in [1.165, 1.54) is 20.3 Å². The number of anilines is 1. The molecule has 2 aromatic heterocycles. The minimum absolute atomic E-state index is 0.0633. The Kier molecular flexibility index (Phi) is 6.02. The molecule has 0 saturated heterocycles. The van der Waals surface area contributed by atoms with Crippen molar-refractivity contribution in [2.45, 2.75) is 5.03 Å². The van der Waals surface area contributed by atoms with E-state index in [0.717, 1.165) is 7.11 Å². The van der Waals surface area contributed by atoms with E-state index in [9.17, 15) is 18.0 Å². The quantitative estimate of drug-likeness (QED) is 0.546. The van der Waals surface area contributed by atoms with Crippen molar-refractivity contribution in [1.82, 2.24) is 24.9 Å². The molecule has 0 fully saturated rings. The number of methoxy groups -OCH3 is 3. The second-order valence-corrected chi connectivity index (χ2v) is 6.52. The van der Waals surface area contributed by atoms with Crippen molar-refractivity contribution in [3.63, 3.8) is 0 Å². The monoisotopic (exact) mass is 420 g/mol. The van der Waals surface area contributed by atoms with Gasteiger partial charge in [0.15, 0.2) is 10.2 Å². The van der Waals surface area contributed by atoms with Crippen LogP contribution in [0.2, 0.25) is 5.15 Å². The predicted molar refractivity (Wildman–Crippen MR) is 89.4 cm³/mol. The van der Waals surface area contributed by atoms with E-state index in [4.69, 9.17) is 21.1 Å². The van der Waals surface area contributed by atoms with Gasteiger partial charge in [0, 0.05) is 0 Å². The van der Waals surface area contributed by atoms with Crippen LogP contribution in [0, 0.1) is 0 Å². The first-order valence-electron chi connectivity index (χ1n) is 6.84. The maximum Gasteiger partial charge on any atom is 0.344 e. The van der Waals surface area contributed by atoms with Gasteiger partial charge in [0.25, 0.3) is 10.0 Å². The molecule has 0 radical (unpaired) electrons. The standard InChI is InChI=1S/C12H13ClN6O7S/c1-24-5-4-6(25-2)15-11(14-5)16-12(21)19-27(22,23)9-7(10(20)26-3)8(13)17-18-9/h4H,1-3H3,(H,17,18)(H2,14,15,16,19,21). The van der Waals surface area contributed by atoms with Gasteiger partial charge in [-0.2, -0.15) is 23.5 Å². The van der Waals surface area contributed by atoms with Gasteiger partial charge in [-0.05, 0) is 0 Å². The van der Waals surface area contributed by atoms with Gasteiger partial charge < -0.3 is 14.2 Å². The molecule has 0 saturated carbocycles. The zero-order valence-electron chi connectivity index (χ0n) is 14.1. The molecule has 2 rings (SSSR count). The van der Waals surface area contributed by atoms with Gasteiger partial charge in [-0.1, -0.05) is 11.6 Å². The maximum absolute atomic E-state index is 12.3. The fourth-order valence-corrected chi connectivity index (χ4v) is 3.03. The molecule has 0 unspecified atom stereocenters. The molecule has 0 aliphatic rings. The number of carbonyl (C=O) groups excluding carboxylic acids is 2. The number of nitrogens with one attached hydrogen (secondary N) is 3. The number of esters is 1. The number of sulfonamides is 1. The molecule has 0 aliphatic carbocycles. The number of ether oxygens (including phenoxy) is 3. The van der Waals surface area contributed by atoms with Crippen molar-refractivity contribution >= 4 is 39.6 Å². The van der Waals surface area contributed by atoms with Gasteiger partial charge in [-0.15, -0.1) is 0 Å². The summed E-state index contributed by atoms with van der Waals surface area (Å²) in [5, 5.41) is 6.37. The Hall–Kier alpha value is -3.13. The Morgan fingerprint density at radius 2 is 1.74 bits per heavy atom. The normalized spacial score (nSPS) is 10.8. The highest BCUT2D eigenvalue weighted by molar-refractivity contribution is 7.90. The third-order valence-electron chi connectivity index (χ3n) is 2.90. The summed E-state index contributed by atoms with van der Waals surface area (Å²) in [5.74, 6) is -1.23. The van der Waals surface area contributed by atoms with E-state index in [1.54, 1.807) is 4.72 Å². The lowest BCUT2D eigenvalue weighted by Crippen LogP contribution is -2.35. The highest BCUT2D eigenvalue weighted by Gasteiger charge is 2.30. The van der Waals surface area contributed by atoms with Gasteiger partial charge >= 0.3 is 12.0 Å². The topological polar surface area (TPSA) is 174 Å². The van der Waals surface area contributed by atoms with Crippen LogP contribution >= 0.6 is 11.6 Å². The molecule has 0 aromatic carbocycles. The van der Waals surface area contributed by atoms with Crippen LogP contribution in [0.15, 0.2) is 11.1 Å². The number of halogens is 1. The van der Waals surface area contributed by atoms with Crippen molar-refractivity contribution in [1.29, 1.82) is 0 Å². The number of rotatable bonds is 6. The summed E-state index contributed by atoms with van der Waals surface area (Å²) in [7, 11) is -0.884. The average molecular weight is 421 g/mol. The van der Waals surface area contributed by atoms with Crippen LogP contribution in [0.1, 0.15) is 10.4 Å². The van der Waals surface area contributed by atoms with Crippen LogP contribution in [0.25, 0.3) is 0 Å². The Bertz CT molecular complexity index is 954. The molecule has 15 heteroatoms. The Morgan fingerprint density at radius 1 is 1.15 bits per heavy atom. The number of aromatic amines is 1. The molecular formula is C12H13ClN6O7S. The number of amides is 2. The molecule has 2 heterocycles. The Morgan fingerprint density at radius 3 is 2.26 bits per heavy atom. The molecule has 13 nitrogen and oxygen atoms in total. The third kappa shape index (κ3) is 4.53. The number of hydrogen-bond donors (Lipinski definition) is 3. The van der Waals surface area contributed by atoms with Crippen molar-refractivity contribution in [3.05, 3.63) is 16.8 Å². The van der Waals surface area contributed by atoms with Crippen LogP contribution in [0.5, 0.6) is 11.8 Å². The zero-order chi connectivity index (χ0) is 20.2. The second-order valence-electron chi connectivity index (χ2n) is 4.55. The predicted octanol–water partition coefficient (Wildman–Crippen LogP) is 0.167. The van der Waals surface area contributed by atoms with E-state index < -0.39 is 37.8 Å². The second kappa shape index (κ2) is 8.05. The summed E-state index contributed by atoms with van der Waals surface area (Å²) < 4.78 is 40.6. The summed E-state index contributed by atoms with van der Waals surface area (Å²) >= 11 is 5.67. The first-order valence-corrected chi connectivity index (χ1v) is 8.71. The lowest BCUT2D eigenvalue weighted by molar-refractivity contribution is 0.0596. The first kappa shape index (κ1) is 20.2. The van der Waals surface area contributed by atoms with Crippen LogP contribution in [0.3, 0.4) is 0 Å². The molecular weight excluding hydrogens is 408 g/mol. The minimum Gasteiger partial charge on any atom is -0.481 e. The number of carbonyl (C=O) groups is 2. The van der Waals surface area contributed by atoms with Gasteiger partial charge in [0.05, 0.1) is 27.4 Å². The summed E-state index contributed by atoms with van der Waals surface area (Å²) in [6.07, 6.45) is 0. The third-order valence-corrected chi connectivity index (χ3v) is 4.46. The van der Waals surface area contributed by atoms with E-state index in [0.29, 0.717) is 0 Å².